The lowest BCUT2D eigenvalue weighted by Crippen LogP contribution is -2.45. The van der Waals surface area contributed by atoms with Crippen molar-refractivity contribution in [3.63, 3.8) is 0 Å². The topological polar surface area (TPSA) is 77.9 Å². The maximum Gasteiger partial charge on any atom is 0.318 e. The highest BCUT2D eigenvalue weighted by atomic mass is 32.2. The van der Waals surface area contributed by atoms with Gasteiger partial charge in [-0.15, -0.1) is 0 Å². The monoisotopic (exact) mass is 314 g/mol. The van der Waals surface area contributed by atoms with E-state index in [9.17, 15) is 13.2 Å². The molecule has 0 aromatic heterocycles. The van der Waals surface area contributed by atoms with E-state index in [2.05, 4.69) is 0 Å². The van der Waals surface area contributed by atoms with Crippen molar-refractivity contribution in [3.8, 4) is 0 Å². The summed E-state index contributed by atoms with van der Waals surface area (Å²) >= 11 is 0. The van der Waals surface area contributed by atoms with E-state index in [0.29, 0.717) is 6.42 Å². The molecule has 1 aromatic rings. The molecule has 118 valence electrons. The Labute approximate surface area is 126 Å². The minimum absolute atomic E-state index is 0.194. The Kier molecular flexibility index (Phi) is 6.80. The molecule has 0 aliphatic rings. The molecule has 21 heavy (non-hydrogen) atoms. The molecule has 0 spiro atoms. The lowest BCUT2D eigenvalue weighted by atomic mass is 10.2. The molecule has 0 aliphatic heterocycles. The van der Waals surface area contributed by atoms with Crippen LogP contribution in [0.5, 0.6) is 0 Å². The lowest BCUT2D eigenvalue weighted by molar-refractivity contribution is -0.137. The molecule has 0 saturated heterocycles. The molecule has 0 aliphatic carbocycles. The van der Waals surface area contributed by atoms with Gasteiger partial charge in [0, 0.05) is 19.6 Å². The number of carboxylic acids is 1. The van der Waals surface area contributed by atoms with Crippen LogP contribution in [-0.2, 0) is 21.5 Å². The van der Waals surface area contributed by atoms with Gasteiger partial charge in [-0.2, -0.15) is 17.0 Å². The molecule has 0 fully saturated rings. The number of hydrogen-bond acceptors (Lipinski definition) is 3. The first-order valence-corrected chi connectivity index (χ1v) is 8.32. The Balaban J connectivity index is 2.96. The van der Waals surface area contributed by atoms with Gasteiger partial charge in [0.1, 0.15) is 6.54 Å². The van der Waals surface area contributed by atoms with Crippen molar-refractivity contribution in [2.75, 3.05) is 19.6 Å². The first-order chi connectivity index (χ1) is 9.91. The van der Waals surface area contributed by atoms with Gasteiger partial charge in [0.15, 0.2) is 0 Å². The molecule has 6 nitrogen and oxygen atoms in total. The molecule has 0 amide bonds. The summed E-state index contributed by atoms with van der Waals surface area (Å²) in [7, 11) is -3.78. The minimum atomic E-state index is -3.78. The Morgan fingerprint density at radius 3 is 2.24 bits per heavy atom. The van der Waals surface area contributed by atoms with E-state index >= 15 is 0 Å². The van der Waals surface area contributed by atoms with E-state index < -0.39 is 22.7 Å². The maximum absolute atomic E-state index is 12.6. The van der Waals surface area contributed by atoms with Gasteiger partial charge >= 0.3 is 5.97 Å². The average Bonchev–Trinajstić information content (AvgIpc) is 2.44. The fourth-order valence-electron chi connectivity index (χ4n) is 1.98. The summed E-state index contributed by atoms with van der Waals surface area (Å²) in [6, 6.07) is 9.24. The first-order valence-electron chi connectivity index (χ1n) is 6.92. The second-order valence-electron chi connectivity index (χ2n) is 4.65. The van der Waals surface area contributed by atoms with Crippen molar-refractivity contribution < 1.29 is 18.3 Å². The van der Waals surface area contributed by atoms with Gasteiger partial charge in [-0.05, 0) is 12.0 Å². The van der Waals surface area contributed by atoms with Gasteiger partial charge in [0.25, 0.3) is 10.2 Å². The van der Waals surface area contributed by atoms with Gasteiger partial charge < -0.3 is 5.11 Å². The van der Waals surface area contributed by atoms with Crippen molar-refractivity contribution in [3.05, 3.63) is 35.9 Å². The largest absolute Gasteiger partial charge is 0.480 e. The number of aliphatic carboxylic acids is 1. The molecule has 1 N–H and O–H groups in total. The van der Waals surface area contributed by atoms with E-state index in [4.69, 9.17) is 5.11 Å². The first kappa shape index (κ1) is 17.6. The van der Waals surface area contributed by atoms with Crippen LogP contribution in [0.15, 0.2) is 30.3 Å². The third-order valence-corrected chi connectivity index (χ3v) is 5.00. The van der Waals surface area contributed by atoms with Crippen LogP contribution in [0, 0.1) is 0 Å². The van der Waals surface area contributed by atoms with Crippen molar-refractivity contribution in [1.82, 2.24) is 8.61 Å². The maximum atomic E-state index is 12.6. The molecule has 0 atom stereocenters. The van der Waals surface area contributed by atoms with Gasteiger partial charge in [0.2, 0.25) is 0 Å². The lowest BCUT2D eigenvalue weighted by Gasteiger charge is -2.28. The predicted molar refractivity (Wildman–Crippen MR) is 80.9 cm³/mol. The second-order valence-corrected chi connectivity index (χ2v) is 6.58. The van der Waals surface area contributed by atoms with E-state index in [1.807, 2.05) is 37.3 Å². The number of benzene rings is 1. The van der Waals surface area contributed by atoms with Crippen LogP contribution in [0.3, 0.4) is 0 Å². The third-order valence-electron chi connectivity index (χ3n) is 2.99. The molecule has 1 rings (SSSR count). The van der Waals surface area contributed by atoms with Gasteiger partial charge in [-0.3, -0.25) is 4.79 Å². The summed E-state index contributed by atoms with van der Waals surface area (Å²) in [6.07, 6.45) is 0.565. The Bertz CT molecular complexity index is 545. The quantitative estimate of drug-likeness (QED) is 0.750. The zero-order valence-electron chi connectivity index (χ0n) is 12.4. The highest BCUT2D eigenvalue weighted by molar-refractivity contribution is 7.86. The van der Waals surface area contributed by atoms with Crippen LogP contribution >= 0.6 is 0 Å². The fraction of sp³-hybridized carbons (Fsp3) is 0.500. The van der Waals surface area contributed by atoms with Crippen molar-refractivity contribution in [1.29, 1.82) is 0 Å². The zero-order valence-corrected chi connectivity index (χ0v) is 13.2. The van der Waals surface area contributed by atoms with E-state index in [1.54, 1.807) is 6.92 Å². The standard InChI is InChI=1S/C14H22N2O4S/c1-3-10-16(12-14(17)18)21(19,20)15(4-2)11-13-8-6-5-7-9-13/h5-9H,3-4,10-12H2,1-2H3,(H,17,18). The summed E-state index contributed by atoms with van der Waals surface area (Å²) < 4.78 is 27.5. The van der Waals surface area contributed by atoms with Crippen molar-refractivity contribution in [2.24, 2.45) is 0 Å². The molecule has 0 saturated carbocycles. The van der Waals surface area contributed by atoms with E-state index in [1.165, 1.54) is 4.31 Å². The van der Waals surface area contributed by atoms with E-state index in [-0.39, 0.29) is 19.6 Å². The predicted octanol–water partition coefficient (Wildman–Crippen LogP) is 1.55. The highest BCUT2D eigenvalue weighted by Crippen LogP contribution is 2.13. The van der Waals surface area contributed by atoms with Crippen LogP contribution in [0.2, 0.25) is 0 Å². The number of hydrogen-bond donors (Lipinski definition) is 1. The Hall–Kier alpha value is -1.44. The molecule has 0 heterocycles. The molecule has 1 aromatic carbocycles. The number of carboxylic acid groups (broad SMARTS) is 1. The minimum Gasteiger partial charge on any atom is -0.480 e. The smallest absolute Gasteiger partial charge is 0.318 e. The highest BCUT2D eigenvalue weighted by Gasteiger charge is 2.29. The molecule has 0 unspecified atom stereocenters. The van der Waals surface area contributed by atoms with Gasteiger partial charge in [0.05, 0.1) is 0 Å². The summed E-state index contributed by atoms with van der Waals surface area (Å²) in [5.41, 5.74) is 0.870. The van der Waals surface area contributed by atoms with Crippen molar-refractivity contribution >= 4 is 16.2 Å². The molecular formula is C14H22N2O4S. The summed E-state index contributed by atoms with van der Waals surface area (Å²) in [5, 5.41) is 8.89. The Morgan fingerprint density at radius 2 is 1.76 bits per heavy atom. The molecule has 0 bridgehead atoms. The van der Waals surface area contributed by atoms with Crippen LogP contribution in [0.1, 0.15) is 25.8 Å². The number of rotatable bonds is 9. The number of carbonyl (C=O) groups is 1. The van der Waals surface area contributed by atoms with Crippen LogP contribution in [-0.4, -0.2) is 47.7 Å². The normalized spacial score (nSPS) is 12.0. The SMILES string of the molecule is CCCN(CC(=O)O)S(=O)(=O)N(CC)Cc1ccccc1. The van der Waals surface area contributed by atoms with Gasteiger partial charge in [-0.25, -0.2) is 0 Å². The summed E-state index contributed by atoms with van der Waals surface area (Å²) in [6.45, 7) is 3.77. The summed E-state index contributed by atoms with van der Waals surface area (Å²) in [4.78, 5) is 10.9. The zero-order chi connectivity index (χ0) is 15.9. The number of nitrogens with zero attached hydrogens (tertiary/aromatic N) is 2. The third kappa shape index (κ3) is 5.11. The van der Waals surface area contributed by atoms with Crippen molar-refractivity contribution in [2.45, 2.75) is 26.8 Å². The molecule has 7 heteroatoms. The second kappa shape index (κ2) is 8.11. The van der Waals surface area contributed by atoms with E-state index in [0.717, 1.165) is 9.87 Å². The van der Waals surface area contributed by atoms with Crippen LogP contribution in [0.25, 0.3) is 0 Å². The molecule has 0 radical (unpaired) electrons. The van der Waals surface area contributed by atoms with Crippen LogP contribution < -0.4 is 0 Å². The summed E-state index contributed by atoms with van der Waals surface area (Å²) in [5.74, 6) is -1.15. The van der Waals surface area contributed by atoms with Gasteiger partial charge in [-0.1, -0.05) is 44.2 Å². The molecular weight excluding hydrogens is 292 g/mol. The average molecular weight is 314 g/mol. The fourth-order valence-corrected chi connectivity index (χ4v) is 3.64. The Morgan fingerprint density at radius 1 is 1.14 bits per heavy atom. The van der Waals surface area contributed by atoms with Crippen LogP contribution in [0.4, 0.5) is 0 Å².